The first-order valence-corrected chi connectivity index (χ1v) is 9.61. The third kappa shape index (κ3) is 4.25. The number of hydrogen-bond acceptors (Lipinski definition) is 7. The fraction of sp³-hybridized carbons (Fsp3) is 0.263. The lowest BCUT2D eigenvalue weighted by molar-refractivity contribution is 0.0587. The van der Waals surface area contributed by atoms with E-state index in [1.165, 1.54) is 39.5 Å². The summed E-state index contributed by atoms with van der Waals surface area (Å²) in [5.74, 6) is -0.900. The lowest BCUT2D eigenvalue weighted by Gasteiger charge is -2.16. The van der Waals surface area contributed by atoms with Crippen LogP contribution in [0.15, 0.2) is 35.2 Å². The SMILES string of the molecule is COC(=O)c1ccc(C(=O)OC)c(NS(=O)(=O)c2c(C)cc(OC)cc2C)c1. The summed E-state index contributed by atoms with van der Waals surface area (Å²) in [7, 11) is -0.219. The number of nitrogens with one attached hydrogen (secondary N) is 1. The predicted octanol–water partition coefficient (Wildman–Crippen LogP) is 2.69. The van der Waals surface area contributed by atoms with Gasteiger partial charge in [-0.2, -0.15) is 0 Å². The van der Waals surface area contributed by atoms with Crippen LogP contribution in [0.1, 0.15) is 31.8 Å². The standard InChI is InChI=1S/C19H21NO7S/c1-11-8-14(25-3)9-12(2)17(11)28(23,24)20-16-10-13(18(21)26-4)6-7-15(16)19(22)27-5/h6-10,20H,1-5H3. The summed E-state index contributed by atoms with van der Waals surface area (Å²) < 4.78 is 43.0. The van der Waals surface area contributed by atoms with Crippen molar-refractivity contribution in [2.75, 3.05) is 26.1 Å². The number of benzene rings is 2. The van der Waals surface area contributed by atoms with E-state index in [2.05, 4.69) is 9.46 Å². The fourth-order valence-electron chi connectivity index (χ4n) is 2.81. The molecule has 0 spiro atoms. The van der Waals surface area contributed by atoms with Crippen LogP contribution in [0.4, 0.5) is 5.69 Å². The zero-order valence-electron chi connectivity index (χ0n) is 16.2. The Balaban J connectivity index is 2.59. The van der Waals surface area contributed by atoms with Gasteiger partial charge in [-0.15, -0.1) is 0 Å². The Bertz CT molecular complexity index is 1010. The van der Waals surface area contributed by atoms with Crippen molar-refractivity contribution in [2.45, 2.75) is 18.7 Å². The van der Waals surface area contributed by atoms with Crippen molar-refractivity contribution in [1.82, 2.24) is 0 Å². The summed E-state index contributed by atoms with van der Waals surface area (Å²) in [4.78, 5) is 23.9. The Kier molecular flexibility index (Phi) is 6.30. The van der Waals surface area contributed by atoms with Crippen LogP contribution in [0.5, 0.6) is 5.75 Å². The summed E-state index contributed by atoms with van der Waals surface area (Å²) in [6.45, 7) is 3.27. The molecule has 0 aliphatic heterocycles. The number of rotatable bonds is 6. The fourth-order valence-corrected chi connectivity index (χ4v) is 4.34. The van der Waals surface area contributed by atoms with E-state index >= 15 is 0 Å². The summed E-state index contributed by atoms with van der Waals surface area (Å²) in [6, 6.07) is 7.05. The highest BCUT2D eigenvalue weighted by Gasteiger charge is 2.24. The first kappa shape index (κ1) is 21.2. The minimum absolute atomic E-state index is 0.0393. The molecule has 0 aliphatic rings. The molecule has 9 heteroatoms. The number of esters is 2. The van der Waals surface area contributed by atoms with Gasteiger partial charge in [0.05, 0.1) is 43.0 Å². The van der Waals surface area contributed by atoms with Crippen molar-refractivity contribution in [2.24, 2.45) is 0 Å². The van der Waals surface area contributed by atoms with Crippen LogP contribution in [-0.2, 0) is 19.5 Å². The van der Waals surface area contributed by atoms with E-state index in [1.54, 1.807) is 26.0 Å². The molecule has 1 N–H and O–H groups in total. The van der Waals surface area contributed by atoms with Crippen LogP contribution in [0.25, 0.3) is 0 Å². The van der Waals surface area contributed by atoms with Crippen molar-refractivity contribution in [1.29, 1.82) is 0 Å². The molecule has 0 amide bonds. The number of carbonyl (C=O) groups excluding carboxylic acids is 2. The second-order valence-corrected chi connectivity index (χ2v) is 7.56. The average molecular weight is 407 g/mol. The highest BCUT2D eigenvalue weighted by atomic mass is 32.2. The van der Waals surface area contributed by atoms with Gasteiger partial charge in [0.25, 0.3) is 10.0 Å². The molecule has 8 nitrogen and oxygen atoms in total. The minimum Gasteiger partial charge on any atom is -0.497 e. The van der Waals surface area contributed by atoms with Gasteiger partial charge in [-0.05, 0) is 55.3 Å². The Hall–Kier alpha value is -3.07. The van der Waals surface area contributed by atoms with Crippen LogP contribution in [0.2, 0.25) is 0 Å². The van der Waals surface area contributed by atoms with Gasteiger partial charge in [-0.1, -0.05) is 0 Å². The Morgan fingerprint density at radius 1 is 0.893 bits per heavy atom. The van der Waals surface area contributed by atoms with Gasteiger partial charge in [-0.3, -0.25) is 4.72 Å². The quantitative estimate of drug-likeness (QED) is 0.734. The van der Waals surface area contributed by atoms with Gasteiger partial charge >= 0.3 is 11.9 Å². The lowest BCUT2D eigenvalue weighted by atomic mass is 10.1. The molecule has 0 heterocycles. The first-order chi connectivity index (χ1) is 13.1. The smallest absolute Gasteiger partial charge is 0.339 e. The molecule has 0 fully saturated rings. The number of aryl methyl sites for hydroxylation is 2. The van der Waals surface area contributed by atoms with Crippen LogP contribution in [-0.4, -0.2) is 41.7 Å². The molecule has 0 radical (unpaired) electrons. The Morgan fingerprint density at radius 2 is 1.46 bits per heavy atom. The molecular weight excluding hydrogens is 386 g/mol. The van der Waals surface area contributed by atoms with Crippen molar-refractivity contribution in [3.05, 3.63) is 52.6 Å². The summed E-state index contributed by atoms with van der Waals surface area (Å²) in [5.41, 5.74) is 0.879. The van der Waals surface area contributed by atoms with E-state index in [-0.39, 0.29) is 21.7 Å². The molecule has 0 atom stereocenters. The number of anilines is 1. The van der Waals surface area contributed by atoms with E-state index in [0.717, 1.165) is 0 Å². The molecule has 0 saturated heterocycles. The molecule has 150 valence electrons. The van der Waals surface area contributed by atoms with E-state index in [4.69, 9.17) is 9.47 Å². The minimum atomic E-state index is -4.08. The summed E-state index contributed by atoms with van der Waals surface area (Å²) >= 11 is 0. The van der Waals surface area contributed by atoms with E-state index < -0.39 is 22.0 Å². The molecule has 2 rings (SSSR count). The molecule has 0 aromatic heterocycles. The molecule has 0 unspecified atom stereocenters. The molecule has 0 aliphatic carbocycles. The average Bonchev–Trinajstić information content (AvgIpc) is 2.65. The molecule has 28 heavy (non-hydrogen) atoms. The monoisotopic (exact) mass is 407 g/mol. The maximum absolute atomic E-state index is 13.0. The van der Waals surface area contributed by atoms with Crippen LogP contribution in [0.3, 0.4) is 0 Å². The number of hydrogen-bond donors (Lipinski definition) is 1. The lowest BCUT2D eigenvalue weighted by Crippen LogP contribution is -2.19. The van der Waals surface area contributed by atoms with Crippen molar-refractivity contribution in [3.8, 4) is 5.75 Å². The van der Waals surface area contributed by atoms with Crippen molar-refractivity contribution < 1.29 is 32.2 Å². The second-order valence-electron chi connectivity index (χ2n) is 5.94. The molecular formula is C19H21NO7S. The maximum Gasteiger partial charge on any atom is 0.339 e. The van der Waals surface area contributed by atoms with E-state index in [1.807, 2.05) is 0 Å². The highest BCUT2D eigenvalue weighted by Crippen LogP contribution is 2.29. The van der Waals surface area contributed by atoms with Crippen LogP contribution in [0, 0.1) is 13.8 Å². The molecule has 2 aromatic rings. The Morgan fingerprint density at radius 3 is 1.96 bits per heavy atom. The third-order valence-electron chi connectivity index (χ3n) is 4.03. The number of ether oxygens (including phenoxy) is 3. The number of sulfonamides is 1. The predicted molar refractivity (Wildman–Crippen MR) is 102 cm³/mol. The van der Waals surface area contributed by atoms with Gasteiger partial charge in [0.15, 0.2) is 0 Å². The Labute approximate surface area is 163 Å². The summed E-state index contributed by atoms with van der Waals surface area (Å²) in [5, 5.41) is 0. The highest BCUT2D eigenvalue weighted by molar-refractivity contribution is 7.92. The van der Waals surface area contributed by atoms with Crippen molar-refractivity contribution >= 4 is 27.6 Å². The van der Waals surface area contributed by atoms with Gasteiger partial charge < -0.3 is 14.2 Å². The zero-order chi connectivity index (χ0) is 21.1. The zero-order valence-corrected chi connectivity index (χ0v) is 17.0. The van der Waals surface area contributed by atoms with Crippen LogP contribution >= 0.6 is 0 Å². The van der Waals surface area contributed by atoms with Gasteiger partial charge in [-0.25, -0.2) is 18.0 Å². The summed E-state index contributed by atoms with van der Waals surface area (Å²) in [6.07, 6.45) is 0. The van der Waals surface area contributed by atoms with E-state index in [0.29, 0.717) is 16.9 Å². The third-order valence-corrected chi connectivity index (χ3v) is 5.70. The van der Waals surface area contributed by atoms with Gasteiger partial charge in [0, 0.05) is 0 Å². The number of carbonyl (C=O) groups is 2. The molecule has 0 bridgehead atoms. The second kappa shape index (κ2) is 8.30. The van der Waals surface area contributed by atoms with Gasteiger partial charge in [0.2, 0.25) is 0 Å². The normalized spacial score (nSPS) is 10.9. The van der Waals surface area contributed by atoms with Crippen molar-refractivity contribution in [3.63, 3.8) is 0 Å². The largest absolute Gasteiger partial charge is 0.497 e. The number of methoxy groups -OCH3 is 3. The first-order valence-electron chi connectivity index (χ1n) is 8.13. The molecule has 2 aromatic carbocycles. The van der Waals surface area contributed by atoms with Crippen LogP contribution < -0.4 is 9.46 Å². The van der Waals surface area contributed by atoms with Gasteiger partial charge in [0.1, 0.15) is 5.75 Å². The topological polar surface area (TPSA) is 108 Å². The van der Waals surface area contributed by atoms with E-state index in [9.17, 15) is 18.0 Å². The molecule has 0 saturated carbocycles. The maximum atomic E-state index is 13.0.